The first kappa shape index (κ1) is 85.8. The quantitative estimate of drug-likeness (QED) is 0.122. The summed E-state index contributed by atoms with van der Waals surface area (Å²) in [5, 5.41) is 4.96. The number of para-hydroxylation sites is 1. The molecule has 0 aliphatic heterocycles. The lowest BCUT2D eigenvalue weighted by Crippen LogP contribution is -2.55. The Morgan fingerprint density at radius 2 is 0.541 bits per heavy atom. The zero-order chi connectivity index (χ0) is 96.0. The Morgan fingerprint density at radius 3 is 1.07 bits per heavy atom. The van der Waals surface area contributed by atoms with Crippen molar-refractivity contribution in [3.63, 3.8) is 0 Å². The Hall–Kier alpha value is -14.6. The maximum atomic E-state index is 6.43. The molecule has 0 unspecified atom stereocenters. The van der Waals surface area contributed by atoms with Crippen molar-refractivity contribution in [2.24, 2.45) is 71.0 Å². The molecule has 5 heteroatoms. The van der Waals surface area contributed by atoms with Crippen LogP contribution in [-0.2, 0) is 21.7 Å². The van der Waals surface area contributed by atoms with E-state index in [1.807, 2.05) is 11.3 Å². The van der Waals surface area contributed by atoms with Gasteiger partial charge in [0.2, 0.25) is 0 Å². The van der Waals surface area contributed by atoms with Gasteiger partial charge in [-0.1, -0.05) is 323 Å². The molecule has 20 aromatic rings. The number of rotatable bonds is 12. The van der Waals surface area contributed by atoms with Gasteiger partial charge in [-0.25, -0.2) is 0 Å². The minimum atomic E-state index is -0.133. The van der Waals surface area contributed by atoms with Crippen molar-refractivity contribution in [3.8, 4) is 77.9 Å². The van der Waals surface area contributed by atoms with Crippen molar-refractivity contribution in [1.82, 2.24) is 0 Å². The molecule has 0 amide bonds. The lowest BCUT2D eigenvalue weighted by atomic mass is 9.43. The third-order valence-corrected chi connectivity index (χ3v) is 40.2. The van der Waals surface area contributed by atoms with Gasteiger partial charge in [-0.3, -0.25) is 0 Å². The largest absolute Gasteiger partial charge is 0.456 e. The summed E-state index contributed by atoms with van der Waals surface area (Å²) in [4.78, 5) is 7.68. The molecule has 708 valence electrons. The average molecular weight is 1900 g/mol. The number of furan rings is 1. The molecule has 4 nitrogen and oxygen atoms in total. The van der Waals surface area contributed by atoms with Crippen molar-refractivity contribution in [2.75, 3.05) is 14.7 Å². The second-order valence-corrected chi connectivity index (χ2v) is 47.5. The van der Waals surface area contributed by atoms with Crippen LogP contribution in [-0.4, -0.2) is 0 Å². The fourth-order valence-corrected chi connectivity index (χ4v) is 35.5. The van der Waals surface area contributed by atoms with E-state index in [0.29, 0.717) is 11.8 Å². The Kier molecular flexibility index (Phi) is 19.4. The molecule has 3 spiro atoms. The molecule has 12 fully saturated rings. The molecule has 0 radical (unpaired) electrons. The molecular weight excluding hydrogens is 1780 g/mol. The summed E-state index contributed by atoms with van der Waals surface area (Å²) in [7, 11) is 0. The first-order chi connectivity index (χ1) is 72.0. The third kappa shape index (κ3) is 12.6. The standard InChI is InChI=1S/C49H43N.C46H37NO.C46H37NS/c1-48(2)42-18-8-6-14-38(42)40-16-10-20-44(46(40)48)50(37-24-22-34(23-25-37)33-12-4-3-5-13-33)45-21-11-17-41-39-15-7-9-19-43(39)49(47(41)45)35-27-31-26-32(29-35)30-36(49)28-31;1-2-10-31(11-3-1)32-12-8-13-35(27-32)47(42-17-9-19-44-45(42)38-15-5-7-18-43(38)48-44)36-20-21-41-39(28-36)37-14-4-6-16-40(37)46(41)33-23-29-22-30(25-33)26-34(46)24-29;1-2-9-31(10-3-1)32-17-19-35(20-18-32)47(42-14-8-16-44-45(42)38-12-5-7-15-43(38)48-44)36-21-22-41-39(28-36)37-11-4-6-13-40(37)46(41)33-24-29-23-30(26-33)27-34(46)25-29/h3-25,31-32,35-36H,26-30H2,1-2H3;1-21,27-30,33-34H,22-26H2;1-22,28-30,33-34H,23-27H2. The van der Waals surface area contributed by atoms with Gasteiger partial charge in [0.1, 0.15) is 11.2 Å². The molecule has 18 aromatic carbocycles. The fraction of sp³-hybridized carbons (Fsp3) is 0.234. The van der Waals surface area contributed by atoms with Gasteiger partial charge in [0.15, 0.2) is 0 Å². The van der Waals surface area contributed by atoms with Crippen LogP contribution in [0.25, 0.3) is 120 Å². The summed E-state index contributed by atoms with van der Waals surface area (Å²) >= 11 is 1.90. The van der Waals surface area contributed by atoms with Crippen molar-refractivity contribution in [1.29, 1.82) is 0 Å². The van der Waals surface area contributed by atoms with Gasteiger partial charge in [-0.2, -0.15) is 0 Å². The van der Waals surface area contributed by atoms with E-state index in [2.05, 4.69) is 447 Å². The summed E-state index contributed by atoms with van der Waals surface area (Å²) in [6.07, 6.45) is 21.2. The number of hydrogen-bond acceptors (Lipinski definition) is 5. The van der Waals surface area contributed by atoms with Gasteiger partial charge < -0.3 is 19.1 Å². The lowest BCUT2D eigenvalue weighted by molar-refractivity contribution is -0.0399. The Labute approximate surface area is 861 Å². The van der Waals surface area contributed by atoms with Gasteiger partial charge in [-0.15, -0.1) is 11.3 Å². The number of hydrogen-bond donors (Lipinski definition) is 0. The summed E-state index contributed by atoms with van der Waals surface area (Å²) in [5.74, 6) is 10.0. The van der Waals surface area contributed by atoms with Crippen molar-refractivity contribution in [3.05, 3.63) is 463 Å². The zero-order valence-corrected chi connectivity index (χ0v) is 83.8. The van der Waals surface area contributed by atoms with Crippen LogP contribution in [0.5, 0.6) is 0 Å². The highest BCUT2D eigenvalue weighted by atomic mass is 32.1. The Bertz CT molecular complexity index is 8570. The number of benzene rings is 18. The van der Waals surface area contributed by atoms with Crippen LogP contribution in [0.2, 0.25) is 0 Å². The average Bonchev–Trinajstić information content (AvgIpc) is 1.51. The summed E-state index contributed by atoms with van der Waals surface area (Å²) < 4.78 is 9.10. The minimum Gasteiger partial charge on any atom is -0.456 e. The van der Waals surface area contributed by atoms with Gasteiger partial charge in [0, 0.05) is 75.7 Å². The van der Waals surface area contributed by atoms with E-state index in [1.54, 1.807) is 33.4 Å². The molecule has 16 aliphatic carbocycles. The molecule has 0 atom stereocenters. The topological polar surface area (TPSA) is 22.9 Å². The minimum absolute atomic E-state index is 0.0641. The van der Waals surface area contributed by atoms with Crippen LogP contribution < -0.4 is 14.7 Å². The molecular formula is C141H117N3OS. The highest BCUT2D eigenvalue weighted by Crippen LogP contribution is 2.75. The Morgan fingerprint density at radius 1 is 0.212 bits per heavy atom. The number of anilines is 9. The molecule has 36 rings (SSSR count). The second-order valence-electron chi connectivity index (χ2n) is 46.4. The van der Waals surface area contributed by atoms with Crippen LogP contribution in [0.3, 0.4) is 0 Å². The maximum Gasteiger partial charge on any atom is 0.137 e. The van der Waals surface area contributed by atoms with E-state index in [0.717, 1.165) is 92.5 Å². The first-order valence-corrected chi connectivity index (χ1v) is 55.5. The van der Waals surface area contributed by atoms with Crippen molar-refractivity contribution >= 4 is 105 Å². The molecule has 2 aromatic heterocycles. The van der Waals surface area contributed by atoms with Crippen LogP contribution in [0.4, 0.5) is 51.2 Å². The summed E-state index contributed by atoms with van der Waals surface area (Å²) in [6.45, 7) is 4.87. The summed E-state index contributed by atoms with van der Waals surface area (Å²) in [6, 6.07) is 158. The van der Waals surface area contributed by atoms with E-state index >= 15 is 0 Å². The maximum absolute atomic E-state index is 6.43. The molecule has 0 saturated heterocycles. The van der Waals surface area contributed by atoms with Crippen molar-refractivity contribution in [2.45, 2.75) is 132 Å². The number of fused-ring (bicyclic) bond motifs is 18. The van der Waals surface area contributed by atoms with E-state index in [9.17, 15) is 0 Å². The van der Waals surface area contributed by atoms with Gasteiger partial charge >= 0.3 is 0 Å². The van der Waals surface area contributed by atoms with E-state index in [4.69, 9.17) is 4.42 Å². The van der Waals surface area contributed by atoms with E-state index < -0.39 is 0 Å². The fourth-order valence-electron chi connectivity index (χ4n) is 34.4. The zero-order valence-electron chi connectivity index (χ0n) is 83.0. The normalized spacial score (nSPS) is 25.1. The van der Waals surface area contributed by atoms with Crippen LogP contribution in [0.15, 0.2) is 423 Å². The molecule has 0 N–H and O–H groups in total. The first-order valence-electron chi connectivity index (χ1n) is 54.7. The molecule has 146 heavy (non-hydrogen) atoms. The number of thiophene rings is 1. The van der Waals surface area contributed by atoms with Crippen LogP contribution >= 0.6 is 11.3 Å². The van der Waals surface area contributed by atoms with Crippen LogP contribution in [0.1, 0.15) is 155 Å². The second kappa shape index (κ2) is 32.9. The summed E-state index contributed by atoms with van der Waals surface area (Å²) in [5.41, 5.74) is 44.6. The Balaban J connectivity index is 0.0000000995. The van der Waals surface area contributed by atoms with Crippen LogP contribution in [0, 0.1) is 71.0 Å². The SMILES string of the molecule is CC1(C)c2ccccc2-c2cccc(N(c3ccc(-c4ccccc4)cc3)c3cccc4c3C3(c5ccccc5-4)C4CC5CC(C4)CC3C5)c21.c1ccc(-c2ccc(N(c3ccc4c(c3)-c3ccccc3C43C4CC5CC(C4)CC3C5)c3cccc4sc5ccccc5c34)cc2)cc1.c1ccc(-c2cccc(N(c3ccc4c(c3)-c3ccccc3C43C4CC5CC(C4)CC3C5)c3cccc4oc5ccccc5c34)c2)cc1. The highest BCUT2D eigenvalue weighted by Gasteiger charge is 2.66. The molecule has 12 bridgehead atoms. The molecule has 16 aliphatic rings. The molecule has 12 saturated carbocycles. The van der Waals surface area contributed by atoms with Gasteiger partial charge in [0.05, 0.1) is 28.1 Å². The van der Waals surface area contributed by atoms with Crippen molar-refractivity contribution < 1.29 is 4.42 Å². The smallest absolute Gasteiger partial charge is 0.137 e. The van der Waals surface area contributed by atoms with Gasteiger partial charge in [-0.05, 0) is 399 Å². The predicted molar refractivity (Wildman–Crippen MR) is 607 cm³/mol. The monoisotopic (exact) mass is 1900 g/mol. The lowest BCUT2D eigenvalue weighted by Gasteiger charge is -2.61. The predicted octanol–water partition coefficient (Wildman–Crippen LogP) is 38.2. The number of nitrogens with zero attached hydrogens (tertiary/aromatic N) is 3. The van der Waals surface area contributed by atoms with Gasteiger partial charge in [0.25, 0.3) is 0 Å². The third-order valence-electron chi connectivity index (χ3n) is 39.1. The van der Waals surface area contributed by atoms with E-state index in [-0.39, 0.29) is 21.7 Å². The van der Waals surface area contributed by atoms with E-state index in [1.165, 1.54) is 245 Å². The molecule has 2 heterocycles. The highest BCUT2D eigenvalue weighted by molar-refractivity contribution is 7.26.